The normalized spacial score (nSPS) is 24.1. The molecule has 9 rings (SSSR count). The van der Waals surface area contributed by atoms with E-state index in [-0.39, 0.29) is 17.7 Å². The third-order valence-electron chi connectivity index (χ3n) is 11.0. The zero-order valence-electron chi connectivity index (χ0n) is 23.1. The second kappa shape index (κ2) is 6.57. The number of benzene rings is 4. The lowest BCUT2D eigenvalue weighted by molar-refractivity contribution is 0.195. The van der Waals surface area contributed by atoms with E-state index < -0.39 is 0 Å². The highest BCUT2D eigenvalue weighted by atomic mass is 15.3. The van der Waals surface area contributed by atoms with E-state index in [0.717, 1.165) is 0 Å². The van der Waals surface area contributed by atoms with Crippen LogP contribution in [0.4, 0.5) is 11.4 Å². The Labute approximate surface area is 225 Å². The van der Waals surface area contributed by atoms with Gasteiger partial charge >= 0.3 is 0 Å². The Kier molecular flexibility index (Phi) is 3.71. The summed E-state index contributed by atoms with van der Waals surface area (Å²) in [5, 5.41) is 2.77. The van der Waals surface area contributed by atoms with Crippen LogP contribution in [-0.4, -0.2) is 16.8 Å². The summed E-state index contributed by atoms with van der Waals surface area (Å²) in [7, 11) is 0. The molecule has 2 unspecified atom stereocenters. The van der Waals surface area contributed by atoms with Crippen LogP contribution in [0.5, 0.6) is 0 Å². The highest BCUT2D eigenvalue weighted by Crippen LogP contribution is 2.61. The summed E-state index contributed by atoms with van der Waals surface area (Å²) in [5.41, 5.74) is 17.5. The van der Waals surface area contributed by atoms with Gasteiger partial charge in [-0.2, -0.15) is 0 Å². The second-order valence-corrected chi connectivity index (χ2v) is 13.1. The van der Waals surface area contributed by atoms with Gasteiger partial charge in [0.2, 0.25) is 0 Å². The molecule has 1 saturated carbocycles. The molecule has 0 amide bonds. The summed E-state index contributed by atoms with van der Waals surface area (Å²) >= 11 is 0. The van der Waals surface area contributed by atoms with Gasteiger partial charge in [-0.25, -0.2) is 0 Å². The lowest BCUT2D eigenvalue weighted by atomic mass is 9.33. The van der Waals surface area contributed by atoms with Crippen LogP contribution in [0.25, 0.3) is 27.5 Å². The van der Waals surface area contributed by atoms with Gasteiger partial charge in [-0.05, 0) is 92.8 Å². The molecule has 3 heteroatoms. The van der Waals surface area contributed by atoms with E-state index >= 15 is 0 Å². The van der Waals surface area contributed by atoms with Crippen molar-refractivity contribution in [2.45, 2.75) is 71.3 Å². The first-order valence-corrected chi connectivity index (χ1v) is 14.5. The molecule has 3 aliphatic heterocycles. The zero-order valence-corrected chi connectivity index (χ0v) is 23.1. The molecular formula is C35H33BN2. The fourth-order valence-corrected chi connectivity index (χ4v) is 9.22. The first kappa shape index (κ1) is 21.5. The molecular weight excluding hydrogens is 459 g/mol. The SMILES string of the molecule is Cc1cc2c3c(c1)C1(C)CCCCC1(C)N3c1cccc3c1B2c1cc(C)cc2c4cc(C)ccc4n-3c12. The predicted octanol–water partition coefficient (Wildman–Crippen LogP) is 6.59. The molecule has 1 aromatic heterocycles. The molecule has 0 N–H and O–H groups in total. The molecule has 0 spiro atoms. The van der Waals surface area contributed by atoms with Crippen molar-refractivity contribution in [3.63, 3.8) is 0 Å². The molecule has 38 heavy (non-hydrogen) atoms. The van der Waals surface area contributed by atoms with Crippen molar-refractivity contribution in [2.75, 3.05) is 4.90 Å². The predicted molar refractivity (Wildman–Crippen MR) is 162 cm³/mol. The van der Waals surface area contributed by atoms with Gasteiger partial charge in [0.05, 0.1) is 11.1 Å². The topological polar surface area (TPSA) is 8.17 Å². The Balaban J connectivity index is 1.50. The van der Waals surface area contributed by atoms with Gasteiger partial charge in [0, 0.05) is 38.8 Å². The molecule has 5 aromatic rings. The summed E-state index contributed by atoms with van der Waals surface area (Å²) in [4.78, 5) is 2.82. The maximum atomic E-state index is 2.82. The number of nitrogens with zero attached hydrogens (tertiary/aromatic N) is 2. The summed E-state index contributed by atoms with van der Waals surface area (Å²) in [6.45, 7) is 12.2. The first-order chi connectivity index (χ1) is 18.3. The van der Waals surface area contributed by atoms with Crippen molar-refractivity contribution >= 4 is 56.3 Å². The lowest BCUT2D eigenvalue weighted by Crippen LogP contribution is -2.64. The molecule has 186 valence electrons. The summed E-state index contributed by atoms with van der Waals surface area (Å²) in [5.74, 6) is 0. The van der Waals surface area contributed by atoms with Crippen LogP contribution in [0.2, 0.25) is 0 Å². The van der Waals surface area contributed by atoms with Crippen molar-refractivity contribution in [3.05, 3.63) is 82.9 Å². The van der Waals surface area contributed by atoms with Gasteiger partial charge in [0.15, 0.2) is 0 Å². The van der Waals surface area contributed by atoms with Gasteiger partial charge in [-0.3, -0.25) is 0 Å². The summed E-state index contributed by atoms with van der Waals surface area (Å²) in [6.07, 6.45) is 5.16. The van der Waals surface area contributed by atoms with E-state index in [0.29, 0.717) is 0 Å². The molecule has 1 fully saturated rings. The molecule has 0 bridgehead atoms. The zero-order chi connectivity index (χ0) is 25.7. The van der Waals surface area contributed by atoms with Gasteiger partial charge in [-0.1, -0.05) is 66.8 Å². The number of hydrogen-bond acceptors (Lipinski definition) is 1. The van der Waals surface area contributed by atoms with Crippen molar-refractivity contribution in [3.8, 4) is 5.69 Å². The van der Waals surface area contributed by atoms with Crippen molar-refractivity contribution in [1.82, 2.24) is 4.57 Å². The van der Waals surface area contributed by atoms with Crippen molar-refractivity contribution in [2.24, 2.45) is 0 Å². The molecule has 4 aromatic carbocycles. The molecule has 4 heterocycles. The Morgan fingerprint density at radius 1 is 0.737 bits per heavy atom. The van der Waals surface area contributed by atoms with Crippen LogP contribution in [-0.2, 0) is 5.41 Å². The van der Waals surface area contributed by atoms with E-state index in [9.17, 15) is 0 Å². The standard InChI is InChI=1S/C35H33BN2/c1-20-11-12-28-23(15-20)24-16-21(2)18-26-32(24)37(28)29-9-8-10-30-31(29)36(26)27-19-22(3)17-25-33(27)38(30)35(5)14-7-6-13-34(25,35)4/h8-12,15-19H,6-7,13-14H2,1-5H3. The number of aryl methyl sites for hydroxylation is 3. The van der Waals surface area contributed by atoms with Crippen molar-refractivity contribution in [1.29, 1.82) is 0 Å². The number of rotatable bonds is 0. The molecule has 0 saturated heterocycles. The third kappa shape index (κ3) is 2.19. The van der Waals surface area contributed by atoms with Gasteiger partial charge in [0.25, 0.3) is 6.71 Å². The van der Waals surface area contributed by atoms with E-state index in [1.807, 2.05) is 0 Å². The van der Waals surface area contributed by atoms with Crippen LogP contribution in [0.3, 0.4) is 0 Å². The third-order valence-corrected chi connectivity index (χ3v) is 11.0. The Bertz CT molecular complexity index is 1910. The van der Waals surface area contributed by atoms with Crippen LogP contribution in [0, 0.1) is 20.8 Å². The average Bonchev–Trinajstić information content (AvgIpc) is 3.31. The Morgan fingerprint density at radius 2 is 1.47 bits per heavy atom. The summed E-state index contributed by atoms with van der Waals surface area (Å²) < 4.78 is 2.59. The average molecular weight is 492 g/mol. The van der Waals surface area contributed by atoms with Crippen LogP contribution >= 0.6 is 0 Å². The fraction of sp³-hybridized carbons (Fsp3) is 0.314. The minimum Gasteiger partial charge on any atom is -0.335 e. The minimum atomic E-state index is 0.0916. The largest absolute Gasteiger partial charge is 0.335 e. The van der Waals surface area contributed by atoms with Crippen LogP contribution in [0.1, 0.15) is 61.8 Å². The molecule has 2 atom stereocenters. The van der Waals surface area contributed by atoms with Crippen LogP contribution in [0.15, 0.2) is 60.7 Å². The monoisotopic (exact) mass is 492 g/mol. The van der Waals surface area contributed by atoms with Gasteiger partial charge in [-0.15, -0.1) is 0 Å². The van der Waals surface area contributed by atoms with Crippen LogP contribution < -0.4 is 21.3 Å². The highest BCUT2D eigenvalue weighted by molar-refractivity contribution is 7.00. The number of hydrogen-bond donors (Lipinski definition) is 0. The second-order valence-electron chi connectivity index (χ2n) is 13.1. The number of aromatic nitrogens is 1. The molecule has 1 aliphatic carbocycles. The first-order valence-electron chi connectivity index (χ1n) is 14.5. The van der Waals surface area contributed by atoms with E-state index in [1.54, 1.807) is 5.56 Å². The molecule has 2 nitrogen and oxygen atoms in total. The van der Waals surface area contributed by atoms with Crippen molar-refractivity contribution < 1.29 is 0 Å². The Morgan fingerprint density at radius 3 is 2.34 bits per heavy atom. The maximum Gasteiger partial charge on any atom is 0.252 e. The smallest absolute Gasteiger partial charge is 0.252 e. The highest BCUT2D eigenvalue weighted by Gasteiger charge is 2.61. The molecule has 0 radical (unpaired) electrons. The van der Waals surface area contributed by atoms with Gasteiger partial charge < -0.3 is 9.47 Å². The molecule has 4 aliphatic rings. The maximum absolute atomic E-state index is 2.82. The van der Waals surface area contributed by atoms with E-state index in [1.165, 1.54) is 97.6 Å². The van der Waals surface area contributed by atoms with Gasteiger partial charge in [0.1, 0.15) is 0 Å². The van der Waals surface area contributed by atoms with E-state index in [2.05, 4.69) is 105 Å². The summed E-state index contributed by atoms with van der Waals surface area (Å²) in [6, 6.07) is 24.1. The van der Waals surface area contributed by atoms with E-state index in [4.69, 9.17) is 0 Å². The number of fused-ring (bicyclic) bond motifs is 10. The fourth-order valence-electron chi connectivity index (χ4n) is 9.22. The minimum absolute atomic E-state index is 0.0916. The Hall–Kier alpha value is -3.46. The lowest BCUT2D eigenvalue weighted by Gasteiger charge is -2.52. The quantitative estimate of drug-likeness (QED) is 0.217. The number of anilines is 2.